The number of carbonyl (C=O) groups is 4. The van der Waals surface area contributed by atoms with E-state index in [0.29, 0.717) is 25.7 Å². The van der Waals surface area contributed by atoms with E-state index in [2.05, 4.69) is 174 Å². The highest BCUT2D eigenvalue weighted by molar-refractivity contribution is 7.47. The Morgan fingerprint density at radius 3 is 0.870 bits per heavy atom. The highest BCUT2D eigenvalue weighted by Gasteiger charge is 2.30. The summed E-state index contributed by atoms with van der Waals surface area (Å²) in [6, 6.07) is 0. The van der Waals surface area contributed by atoms with E-state index in [1.54, 1.807) is 0 Å². The van der Waals surface area contributed by atoms with Crippen LogP contribution in [0.15, 0.2) is 146 Å². The molecule has 0 radical (unpaired) electrons. The lowest BCUT2D eigenvalue weighted by Gasteiger charge is -2.21. The van der Waals surface area contributed by atoms with Gasteiger partial charge in [0.15, 0.2) is 12.2 Å². The van der Waals surface area contributed by atoms with E-state index in [1.807, 2.05) is 0 Å². The van der Waals surface area contributed by atoms with Crippen molar-refractivity contribution in [3.8, 4) is 0 Å². The van der Waals surface area contributed by atoms with E-state index >= 15 is 0 Å². The summed E-state index contributed by atoms with van der Waals surface area (Å²) in [5.74, 6) is -2.29. The first-order valence-electron chi connectivity index (χ1n) is 38.1. The van der Waals surface area contributed by atoms with Crippen LogP contribution in [0.3, 0.4) is 0 Å². The number of unbranched alkanes of at least 4 members (excludes halogenated alkanes) is 20. The molecular formula is C81H134O17P2. The van der Waals surface area contributed by atoms with E-state index in [9.17, 15) is 43.2 Å². The van der Waals surface area contributed by atoms with Crippen LogP contribution in [0, 0.1) is 0 Å². The number of phosphoric ester groups is 2. The Morgan fingerprint density at radius 1 is 0.290 bits per heavy atom. The van der Waals surface area contributed by atoms with Gasteiger partial charge >= 0.3 is 39.5 Å². The maximum Gasteiger partial charge on any atom is 0.472 e. The molecule has 0 bridgehead atoms. The van der Waals surface area contributed by atoms with Crippen LogP contribution in [0.5, 0.6) is 0 Å². The number of rotatable bonds is 70. The molecule has 5 unspecified atom stereocenters. The van der Waals surface area contributed by atoms with Crippen LogP contribution in [-0.4, -0.2) is 96.7 Å². The van der Waals surface area contributed by atoms with Crippen molar-refractivity contribution in [3.63, 3.8) is 0 Å². The normalized spacial score (nSPS) is 14.8. The van der Waals surface area contributed by atoms with Crippen molar-refractivity contribution in [1.82, 2.24) is 0 Å². The standard InChI is InChI=1S/C81H134O17P2/c1-5-9-13-17-21-25-29-32-35-36-37-38-41-43-47-50-54-58-62-66-79(84)91-71-76(97-80(85)67-63-59-55-51-45-28-24-20-16-12-8-4)73-95-99(87,88)93-69-75(82)70-94-100(89,90)96-74-77(98-81(86)68-64-60-56-52-48-44-40-34-31-27-23-19-15-11-7-3)72-92-78(83)65-61-57-53-49-46-42-39-33-30-26-22-18-14-10-6-2/h9-10,13-14,20-27,32-35,37-40,43,46-47,49,75-77,82H,5-8,11-12,15-19,28-31,36,41-42,44-45,48,50-74H2,1-4H3,(H,87,88)(H,89,90)/b13-9-,14-10-,24-20-,25-21-,26-22-,27-23-,35-32-,38-37-,39-33-,40-34-,47-43-,49-46-. The van der Waals surface area contributed by atoms with Crippen molar-refractivity contribution in [1.29, 1.82) is 0 Å². The number of carbonyl (C=O) groups excluding carboxylic acids is 4. The number of hydrogen-bond donors (Lipinski definition) is 3. The fourth-order valence-electron chi connectivity index (χ4n) is 9.48. The van der Waals surface area contributed by atoms with Gasteiger partial charge in [-0.2, -0.15) is 0 Å². The van der Waals surface area contributed by atoms with E-state index in [0.717, 1.165) is 173 Å². The summed E-state index contributed by atoms with van der Waals surface area (Å²) in [6.45, 7) is 4.45. The van der Waals surface area contributed by atoms with Gasteiger partial charge in [-0.25, -0.2) is 9.13 Å². The predicted octanol–water partition coefficient (Wildman–Crippen LogP) is 21.9. The molecule has 0 spiro atoms. The fourth-order valence-corrected chi connectivity index (χ4v) is 11.1. The predicted molar refractivity (Wildman–Crippen MR) is 408 cm³/mol. The van der Waals surface area contributed by atoms with Crippen LogP contribution in [0.1, 0.15) is 285 Å². The Morgan fingerprint density at radius 2 is 0.530 bits per heavy atom. The van der Waals surface area contributed by atoms with Crippen molar-refractivity contribution in [2.24, 2.45) is 0 Å². The summed E-state index contributed by atoms with van der Waals surface area (Å²) in [7, 11) is -9.98. The molecule has 0 rings (SSSR count). The summed E-state index contributed by atoms with van der Waals surface area (Å²) >= 11 is 0. The van der Waals surface area contributed by atoms with Gasteiger partial charge in [0, 0.05) is 25.7 Å². The van der Waals surface area contributed by atoms with Crippen LogP contribution in [-0.2, 0) is 65.4 Å². The molecule has 0 aromatic heterocycles. The average Bonchev–Trinajstić information content (AvgIpc) is 0.953. The van der Waals surface area contributed by atoms with Gasteiger partial charge in [-0.3, -0.25) is 37.3 Å². The molecule has 0 aromatic carbocycles. The third-order valence-corrected chi connectivity index (χ3v) is 17.2. The summed E-state index contributed by atoms with van der Waals surface area (Å²) in [5.41, 5.74) is 0. The molecule has 17 nitrogen and oxygen atoms in total. The summed E-state index contributed by atoms with van der Waals surface area (Å²) < 4.78 is 68.4. The topological polar surface area (TPSA) is 237 Å². The van der Waals surface area contributed by atoms with Crippen LogP contribution in [0.25, 0.3) is 0 Å². The van der Waals surface area contributed by atoms with Gasteiger partial charge in [-0.15, -0.1) is 0 Å². The largest absolute Gasteiger partial charge is 0.472 e. The van der Waals surface area contributed by atoms with Gasteiger partial charge in [0.25, 0.3) is 0 Å². The number of hydrogen-bond acceptors (Lipinski definition) is 15. The van der Waals surface area contributed by atoms with E-state index in [4.69, 9.17) is 37.0 Å². The van der Waals surface area contributed by atoms with Crippen LogP contribution < -0.4 is 0 Å². The zero-order valence-electron chi connectivity index (χ0n) is 62.1. The smallest absolute Gasteiger partial charge is 0.462 e. The van der Waals surface area contributed by atoms with E-state index in [-0.39, 0.29) is 25.7 Å². The number of esters is 4. The zero-order valence-corrected chi connectivity index (χ0v) is 63.9. The number of aliphatic hydroxyl groups is 1. The molecule has 0 saturated heterocycles. The lowest BCUT2D eigenvalue weighted by molar-refractivity contribution is -0.161. The lowest BCUT2D eigenvalue weighted by Crippen LogP contribution is -2.30. The Bertz CT molecular complexity index is 2470. The third-order valence-electron chi connectivity index (χ3n) is 15.3. The molecule has 0 aliphatic carbocycles. The quantitative estimate of drug-likeness (QED) is 0.0169. The first-order valence-corrected chi connectivity index (χ1v) is 41.1. The Kier molecular flexibility index (Phi) is 68.6. The highest BCUT2D eigenvalue weighted by atomic mass is 31.2. The van der Waals surface area contributed by atoms with Crippen molar-refractivity contribution in [2.45, 2.75) is 303 Å². The molecule has 0 heterocycles. The second-order valence-corrected chi connectivity index (χ2v) is 27.7. The second-order valence-electron chi connectivity index (χ2n) is 24.8. The maximum absolute atomic E-state index is 13.1. The van der Waals surface area contributed by atoms with Gasteiger partial charge in [-0.05, 0) is 161 Å². The van der Waals surface area contributed by atoms with Gasteiger partial charge in [0.05, 0.1) is 26.4 Å². The minimum atomic E-state index is -4.99. The molecule has 570 valence electrons. The molecule has 0 fully saturated rings. The number of allylic oxidation sites excluding steroid dienone is 24. The monoisotopic (exact) mass is 1440 g/mol. The molecule has 0 amide bonds. The number of ether oxygens (including phenoxy) is 4. The first kappa shape index (κ1) is 94.9. The average molecular weight is 1440 g/mol. The molecule has 0 aromatic rings. The molecular weight excluding hydrogens is 1310 g/mol. The van der Waals surface area contributed by atoms with Crippen molar-refractivity contribution < 1.29 is 80.2 Å². The summed E-state index contributed by atoms with van der Waals surface area (Å²) in [5, 5.41) is 10.6. The van der Waals surface area contributed by atoms with Crippen molar-refractivity contribution in [2.75, 3.05) is 39.6 Å². The molecule has 3 N–H and O–H groups in total. The minimum absolute atomic E-state index is 0.0652. The van der Waals surface area contributed by atoms with Gasteiger partial charge in [-0.1, -0.05) is 244 Å². The molecule has 19 heteroatoms. The highest BCUT2D eigenvalue weighted by Crippen LogP contribution is 2.45. The van der Waals surface area contributed by atoms with E-state index < -0.39 is 97.5 Å². The van der Waals surface area contributed by atoms with Crippen LogP contribution in [0.4, 0.5) is 0 Å². The molecule has 0 aliphatic heterocycles. The van der Waals surface area contributed by atoms with Crippen molar-refractivity contribution in [3.05, 3.63) is 146 Å². The second kappa shape index (κ2) is 72.3. The molecule has 100 heavy (non-hydrogen) atoms. The maximum atomic E-state index is 13.1. The zero-order chi connectivity index (χ0) is 73.2. The summed E-state index contributed by atoms with van der Waals surface area (Å²) in [6.07, 6.45) is 81.3. The first-order chi connectivity index (χ1) is 48.7. The third kappa shape index (κ3) is 71.3. The Labute approximate surface area is 605 Å². The van der Waals surface area contributed by atoms with Gasteiger partial charge < -0.3 is 33.8 Å². The number of aliphatic hydroxyl groups excluding tert-OH is 1. The van der Waals surface area contributed by atoms with Gasteiger partial charge in [0.1, 0.15) is 19.3 Å². The van der Waals surface area contributed by atoms with Crippen LogP contribution in [0.2, 0.25) is 0 Å². The SMILES string of the molecule is CC/C=C\C/C=C\C/C=C\C/C=C\C/C=C\CCCCCC(=O)OCC(COP(=O)(O)OCC(O)COP(=O)(O)OCC(COC(=O)CCCC/C=C\C/C=C\C/C=C\C/C=C\CC)OC(=O)CCCCCCC/C=C\C/C=C\CCCCC)OC(=O)CCCCCCC/C=C\CCCC. The molecule has 0 aliphatic rings. The van der Waals surface area contributed by atoms with E-state index in [1.165, 1.54) is 32.1 Å². The Balaban J connectivity index is 5.40. The van der Waals surface area contributed by atoms with Crippen LogP contribution >= 0.6 is 15.6 Å². The van der Waals surface area contributed by atoms with Gasteiger partial charge in [0.2, 0.25) is 0 Å². The Hall–Kier alpha value is -5.06. The molecule has 5 atom stereocenters. The fraction of sp³-hybridized carbons (Fsp3) is 0.654. The number of phosphoric acid groups is 2. The summed E-state index contributed by atoms with van der Waals surface area (Å²) in [4.78, 5) is 72.8. The lowest BCUT2D eigenvalue weighted by atomic mass is 10.1. The van der Waals surface area contributed by atoms with Crippen molar-refractivity contribution >= 4 is 39.5 Å². The molecule has 0 saturated carbocycles. The minimum Gasteiger partial charge on any atom is -0.462 e.